The molecule has 1 heterocycles. The number of nitrogens with two attached hydrogens (primary N) is 1. The molecule has 2 aromatic rings. The Balaban J connectivity index is 2.46. The highest BCUT2D eigenvalue weighted by molar-refractivity contribution is 9.10. The van der Waals surface area contributed by atoms with Crippen LogP contribution in [-0.4, -0.2) is 13.4 Å². The van der Waals surface area contributed by atoms with Gasteiger partial charge in [0.25, 0.3) is 10.0 Å². The van der Waals surface area contributed by atoms with Crippen molar-refractivity contribution in [1.82, 2.24) is 4.98 Å². The van der Waals surface area contributed by atoms with Gasteiger partial charge in [-0.15, -0.1) is 0 Å². The molecule has 0 radical (unpaired) electrons. The number of sulfonamides is 1. The Labute approximate surface area is 138 Å². The van der Waals surface area contributed by atoms with Gasteiger partial charge in [0.05, 0.1) is 26.4 Å². The average Bonchev–Trinajstić information content (AvgIpc) is 2.39. The monoisotopic (exact) mass is 413 g/mol. The summed E-state index contributed by atoms with van der Waals surface area (Å²) in [5.41, 5.74) is 5.86. The fourth-order valence-corrected chi connectivity index (χ4v) is 3.80. The minimum absolute atomic E-state index is 0.00405. The Bertz CT molecular complexity index is 817. The molecule has 1 aromatic carbocycles. The molecule has 2 rings (SSSR count). The van der Waals surface area contributed by atoms with Crippen LogP contribution in [0.3, 0.4) is 0 Å². The molecule has 0 aliphatic carbocycles. The first-order chi connectivity index (χ1) is 9.72. The third-order valence-corrected chi connectivity index (χ3v) is 5.14. The van der Waals surface area contributed by atoms with E-state index < -0.39 is 25.8 Å². The van der Waals surface area contributed by atoms with Gasteiger partial charge in [-0.25, -0.2) is 17.8 Å². The van der Waals surface area contributed by atoms with Gasteiger partial charge in [0.2, 0.25) is 0 Å². The third kappa shape index (κ3) is 3.39. The van der Waals surface area contributed by atoms with E-state index in [1.54, 1.807) is 0 Å². The number of nitrogen functional groups attached to an aromatic ring is 1. The van der Waals surface area contributed by atoms with Crippen molar-refractivity contribution in [2.45, 2.75) is 4.90 Å². The van der Waals surface area contributed by atoms with Crippen molar-refractivity contribution in [3.05, 3.63) is 44.7 Å². The van der Waals surface area contributed by atoms with E-state index in [1.807, 2.05) is 0 Å². The van der Waals surface area contributed by atoms with Crippen molar-refractivity contribution in [2.75, 3.05) is 10.5 Å². The highest BCUT2D eigenvalue weighted by Crippen LogP contribution is 2.31. The molecule has 112 valence electrons. The lowest BCUT2D eigenvalue weighted by atomic mass is 10.3. The summed E-state index contributed by atoms with van der Waals surface area (Å²) in [7, 11) is -4.13. The number of hydrogen-bond acceptors (Lipinski definition) is 4. The second kappa shape index (κ2) is 5.96. The van der Waals surface area contributed by atoms with Crippen LogP contribution < -0.4 is 10.5 Å². The van der Waals surface area contributed by atoms with Crippen molar-refractivity contribution in [3.63, 3.8) is 0 Å². The summed E-state index contributed by atoms with van der Waals surface area (Å²) in [4.78, 5) is 3.39. The van der Waals surface area contributed by atoms with Gasteiger partial charge in [-0.1, -0.05) is 23.2 Å². The summed E-state index contributed by atoms with van der Waals surface area (Å²) < 4.78 is 40.6. The maximum absolute atomic E-state index is 13.6. The highest BCUT2D eigenvalue weighted by Gasteiger charge is 2.23. The van der Waals surface area contributed by atoms with Gasteiger partial charge in [-0.05, 0) is 34.1 Å². The fourth-order valence-electron chi connectivity index (χ4n) is 1.43. The van der Waals surface area contributed by atoms with E-state index in [0.717, 1.165) is 12.1 Å². The summed E-state index contributed by atoms with van der Waals surface area (Å²) in [5.74, 6) is -1.01. The number of pyridine rings is 1. The smallest absolute Gasteiger partial charge is 0.264 e. The molecule has 5 nitrogen and oxygen atoms in total. The molecule has 0 fully saturated rings. The summed E-state index contributed by atoms with van der Waals surface area (Å²) in [6.45, 7) is 0. The van der Waals surface area contributed by atoms with Gasteiger partial charge < -0.3 is 5.73 Å². The summed E-state index contributed by atoms with van der Waals surface area (Å²) in [5, 5.41) is -0.868. The number of halogens is 4. The van der Waals surface area contributed by atoms with Gasteiger partial charge in [0, 0.05) is 0 Å². The van der Waals surface area contributed by atoms with Gasteiger partial charge in [0.15, 0.2) is 11.6 Å². The Morgan fingerprint density at radius 2 is 2.00 bits per heavy atom. The van der Waals surface area contributed by atoms with Crippen molar-refractivity contribution in [2.24, 2.45) is 0 Å². The predicted octanol–water partition coefficient (Wildman–Crippen LogP) is 3.67. The number of rotatable bonds is 3. The van der Waals surface area contributed by atoms with Gasteiger partial charge in [-0.2, -0.15) is 0 Å². The molecule has 0 amide bonds. The van der Waals surface area contributed by atoms with Gasteiger partial charge in [-0.3, -0.25) is 4.72 Å². The highest BCUT2D eigenvalue weighted by atomic mass is 79.9. The topological polar surface area (TPSA) is 85.1 Å². The van der Waals surface area contributed by atoms with Crippen molar-refractivity contribution < 1.29 is 12.8 Å². The maximum Gasteiger partial charge on any atom is 0.264 e. The van der Waals surface area contributed by atoms with Crippen molar-refractivity contribution in [1.29, 1.82) is 0 Å². The predicted molar refractivity (Wildman–Crippen MR) is 83.6 cm³/mol. The number of hydrogen-bond donors (Lipinski definition) is 2. The second-order valence-corrected chi connectivity index (χ2v) is 7.17. The average molecular weight is 415 g/mol. The molecule has 0 saturated heterocycles. The largest absolute Gasteiger partial charge is 0.397 e. The lowest BCUT2D eigenvalue weighted by molar-refractivity contribution is 0.595. The second-order valence-electron chi connectivity index (χ2n) is 3.88. The van der Waals surface area contributed by atoms with Gasteiger partial charge >= 0.3 is 0 Å². The molecule has 3 N–H and O–H groups in total. The van der Waals surface area contributed by atoms with Crippen LogP contribution >= 0.6 is 39.1 Å². The molecule has 1 aromatic heterocycles. The SMILES string of the molecule is Nc1cnc(NS(=O)(=O)c2ccc(Cl)c(F)c2Cl)c(Br)c1. The lowest BCUT2D eigenvalue weighted by Gasteiger charge is -2.11. The van der Waals surface area contributed by atoms with Crippen LogP contribution in [0.1, 0.15) is 0 Å². The van der Waals surface area contributed by atoms with E-state index in [4.69, 9.17) is 28.9 Å². The van der Waals surface area contributed by atoms with Crippen LogP contribution in [0.15, 0.2) is 33.8 Å². The lowest BCUT2D eigenvalue weighted by Crippen LogP contribution is -2.15. The van der Waals surface area contributed by atoms with E-state index in [1.165, 1.54) is 12.3 Å². The summed E-state index contributed by atoms with van der Waals surface area (Å²) in [6, 6.07) is 3.67. The van der Waals surface area contributed by atoms with E-state index in [-0.39, 0.29) is 10.8 Å². The van der Waals surface area contributed by atoms with Crippen molar-refractivity contribution in [3.8, 4) is 0 Å². The minimum Gasteiger partial charge on any atom is -0.397 e. The Morgan fingerprint density at radius 1 is 1.33 bits per heavy atom. The first kappa shape index (κ1) is 16.3. The molecule has 0 spiro atoms. The molecule has 10 heteroatoms. The van der Waals surface area contributed by atoms with E-state index in [2.05, 4.69) is 25.6 Å². The van der Waals surface area contributed by atoms with Crippen LogP contribution in [0.25, 0.3) is 0 Å². The summed E-state index contributed by atoms with van der Waals surface area (Å²) >= 11 is 14.3. The molecule has 21 heavy (non-hydrogen) atoms. The maximum atomic E-state index is 13.6. The van der Waals surface area contributed by atoms with E-state index >= 15 is 0 Å². The first-order valence-electron chi connectivity index (χ1n) is 5.29. The standard InChI is InChI=1S/C11H7BrCl2FN3O2S/c12-6-3-5(16)4-17-11(6)18-21(19,20)8-2-1-7(13)10(15)9(8)14/h1-4H,16H2,(H,17,18). The number of aromatic nitrogens is 1. The van der Waals surface area contributed by atoms with Crippen LogP contribution in [0.5, 0.6) is 0 Å². The number of nitrogens with zero attached hydrogens (tertiary/aromatic N) is 1. The Morgan fingerprint density at radius 3 is 2.62 bits per heavy atom. The molecular weight excluding hydrogens is 408 g/mol. The molecule has 0 aliphatic heterocycles. The molecule has 0 unspecified atom stereocenters. The van der Waals surface area contributed by atoms with Gasteiger partial charge in [0.1, 0.15) is 4.90 Å². The zero-order valence-corrected chi connectivity index (χ0v) is 14.0. The number of benzene rings is 1. The first-order valence-corrected chi connectivity index (χ1v) is 8.33. The molecule has 0 aliphatic rings. The van der Waals surface area contributed by atoms with E-state index in [9.17, 15) is 12.8 Å². The van der Waals surface area contributed by atoms with E-state index in [0.29, 0.717) is 10.2 Å². The normalized spacial score (nSPS) is 11.4. The van der Waals surface area contributed by atoms with Crippen LogP contribution in [0.2, 0.25) is 10.0 Å². The quantitative estimate of drug-likeness (QED) is 0.750. The van der Waals surface area contributed by atoms with Crippen LogP contribution in [0, 0.1) is 5.82 Å². The van der Waals surface area contributed by atoms with Crippen molar-refractivity contribution >= 4 is 60.7 Å². The zero-order valence-electron chi connectivity index (χ0n) is 10.1. The molecular formula is C11H7BrCl2FN3O2S. The molecule has 0 atom stereocenters. The Hall–Kier alpha value is -1.09. The summed E-state index contributed by atoms with van der Waals surface area (Å²) in [6.07, 6.45) is 1.27. The number of anilines is 2. The van der Waals surface area contributed by atoms with Crippen LogP contribution in [0.4, 0.5) is 15.9 Å². The minimum atomic E-state index is -4.13. The van der Waals surface area contributed by atoms with Crippen LogP contribution in [-0.2, 0) is 10.0 Å². The molecule has 0 bridgehead atoms. The Kier molecular flexibility index (Phi) is 4.62. The third-order valence-electron chi connectivity index (χ3n) is 2.38. The molecule has 0 saturated carbocycles. The fraction of sp³-hybridized carbons (Fsp3) is 0. The zero-order chi connectivity index (χ0) is 15.8. The number of nitrogens with one attached hydrogen (secondary N) is 1.